The molecule has 8 nitrogen and oxygen atoms in total. The van der Waals surface area contributed by atoms with Crippen molar-refractivity contribution < 1.29 is 22.7 Å². The zero-order valence-corrected chi connectivity index (χ0v) is 20.0. The van der Waals surface area contributed by atoms with Gasteiger partial charge >= 0.3 is 5.97 Å². The Labute approximate surface area is 194 Å². The summed E-state index contributed by atoms with van der Waals surface area (Å²) in [5.41, 5.74) is 4.51. The van der Waals surface area contributed by atoms with E-state index in [0.717, 1.165) is 17.4 Å². The summed E-state index contributed by atoms with van der Waals surface area (Å²) in [6.07, 6.45) is 0.181. The molecule has 0 spiro atoms. The lowest BCUT2D eigenvalue weighted by molar-refractivity contribution is -0.141. The molecule has 0 N–H and O–H groups in total. The van der Waals surface area contributed by atoms with Crippen LogP contribution in [-0.4, -0.2) is 70.3 Å². The summed E-state index contributed by atoms with van der Waals surface area (Å²) in [6, 6.07) is 11.9. The number of aryl methyl sites for hydroxylation is 2. The van der Waals surface area contributed by atoms with E-state index in [2.05, 4.69) is 36.9 Å². The van der Waals surface area contributed by atoms with Gasteiger partial charge in [-0.2, -0.15) is 0 Å². The molecule has 2 aromatic rings. The predicted octanol–water partition coefficient (Wildman–Crippen LogP) is 2.35. The number of carbonyl (C=O) groups excluding carboxylic acids is 2. The molecule has 33 heavy (non-hydrogen) atoms. The van der Waals surface area contributed by atoms with Gasteiger partial charge in [0.1, 0.15) is 6.04 Å². The van der Waals surface area contributed by atoms with E-state index in [1.165, 1.54) is 23.9 Å². The number of piperazine rings is 1. The monoisotopic (exact) mass is 471 g/mol. The smallest absolute Gasteiger partial charge is 0.329 e. The second-order valence-electron chi connectivity index (χ2n) is 8.56. The topological polar surface area (TPSA) is 87.2 Å². The fourth-order valence-corrected chi connectivity index (χ4v) is 6.34. The van der Waals surface area contributed by atoms with Crippen molar-refractivity contribution in [2.24, 2.45) is 0 Å². The van der Waals surface area contributed by atoms with Gasteiger partial charge in [0.15, 0.2) is 0 Å². The molecule has 2 saturated heterocycles. The number of rotatable bonds is 4. The highest BCUT2D eigenvalue weighted by atomic mass is 32.2. The number of esters is 1. The molecule has 0 saturated carbocycles. The van der Waals surface area contributed by atoms with E-state index in [0.29, 0.717) is 24.3 Å². The molecule has 0 radical (unpaired) electrons. The SMILES string of the molecule is COC(=O)C1CCS(=O)(=O)N1c1ccc(C(=O)N2CCN(c3ccc(C)cc3C)CC2)cc1. The number of amides is 1. The fourth-order valence-electron chi connectivity index (χ4n) is 4.60. The van der Waals surface area contributed by atoms with Gasteiger partial charge in [-0.1, -0.05) is 17.7 Å². The van der Waals surface area contributed by atoms with E-state index in [1.54, 1.807) is 24.3 Å². The maximum absolute atomic E-state index is 13.0. The molecule has 1 amide bonds. The first kappa shape index (κ1) is 23.1. The second kappa shape index (κ2) is 9.05. The van der Waals surface area contributed by atoms with Crippen LogP contribution in [0, 0.1) is 13.8 Å². The van der Waals surface area contributed by atoms with Crippen molar-refractivity contribution in [2.75, 3.05) is 48.2 Å². The van der Waals surface area contributed by atoms with Gasteiger partial charge in [-0.15, -0.1) is 0 Å². The summed E-state index contributed by atoms with van der Waals surface area (Å²) in [4.78, 5) is 29.2. The quantitative estimate of drug-likeness (QED) is 0.637. The Kier molecular flexibility index (Phi) is 6.34. The second-order valence-corrected chi connectivity index (χ2v) is 10.5. The minimum Gasteiger partial charge on any atom is -0.467 e. The molecule has 2 fully saturated rings. The van der Waals surface area contributed by atoms with Gasteiger partial charge in [-0.05, 0) is 56.2 Å². The van der Waals surface area contributed by atoms with Crippen molar-refractivity contribution in [3.05, 3.63) is 59.2 Å². The first-order valence-electron chi connectivity index (χ1n) is 11.0. The van der Waals surface area contributed by atoms with Crippen LogP contribution < -0.4 is 9.21 Å². The van der Waals surface area contributed by atoms with Crippen molar-refractivity contribution >= 4 is 33.3 Å². The average Bonchev–Trinajstić information content (AvgIpc) is 3.13. The van der Waals surface area contributed by atoms with Crippen molar-refractivity contribution in [1.82, 2.24) is 4.90 Å². The molecular formula is C24H29N3O5S. The van der Waals surface area contributed by atoms with E-state index in [-0.39, 0.29) is 18.1 Å². The lowest BCUT2D eigenvalue weighted by Gasteiger charge is -2.37. The van der Waals surface area contributed by atoms with Crippen LogP contribution in [0.3, 0.4) is 0 Å². The number of benzene rings is 2. The number of hydrogen-bond acceptors (Lipinski definition) is 6. The van der Waals surface area contributed by atoms with Gasteiger partial charge in [-0.25, -0.2) is 13.2 Å². The van der Waals surface area contributed by atoms with Crippen LogP contribution in [0.2, 0.25) is 0 Å². The summed E-state index contributed by atoms with van der Waals surface area (Å²) in [7, 11) is -2.36. The molecular weight excluding hydrogens is 442 g/mol. The number of methoxy groups -OCH3 is 1. The third-order valence-corrected chi connectivity index (χ3v) is 8.15. The van der Waals surface area contributed by atoms with Crippen molar-refractivity contribution in [3.8, 4) is 0 Å². The maximum Gasteiger partial charge on any atom is 0.329 e. The maximum atomic E-state index is 13.0. The highest BCUT2D eigenvalue weighted by molar-refractivity contribution is 7.93. The number of sulfonamides is 1. The summed E-state index contributed by atoms with van der Waals surface area (Å²) >= 11 is 0. The van der Waals surface area contributed by atoms with Gasteiger partial charge in [0, 0.05) is 37.4 Å². The summed E-state index contributed by atoms with van der Waals surface area (Å²) in [5, 5.41) is 0. The minimum atomic E-state index is -3.61. The van der Waals surface area contributed by atoms with Crippen molar-refractivity contribution in [2.45, 2.75) is 26.3 Å². The summed E-state index contributed by atoms with van der Waals surface area (Å²) in [6.45, 7) is 6.90. The van der Waals surface area contributed by atoms with Crippen molar-refractivity contribution in [3.63, 3.8) is 0 Å². The Bertz CT molecular complexity index is 1160. The largest absolute Gasteiger partial charge is 0.467 e. The minimum absolute atomic E-state index is 0.0874. The fraction of sp³-hybridized carbons (Fsp3) is 0.417. The van der Waals surface area contributed by atoms with Crippen molar-refractivity contribution in [1.29, 1.82) is 0 Å². The number of ether oxygens (including phenoxy) is 1. The molecule has 1 atom stereocenters. The van der Waals surface area contributed by atoms with E-state index < -0.39 is 22.0 Å². The molecule has 0 bridgehead atoms. The Hall–Kier alpha value is -3.07. The van der Waals surface area contributed by atoms with Crippen LogP contribution in [0.4, 0.5) is 11.4 Å². The zero-order valence-electron chi connectivity index (χ0n) is 19.2. The molecule has 0 aromatic heterocycles. The molecule has 176 valence electrons. The Morgan fingerprint density at radius 1 is 0.970 bits per heavy atom. The van der Waals surface area contributed by atoms with Crippen LogP contribution in [0.5, 0.6) is 0 Å². The normalized spacial score (nSPS) is 20.1. The Morgan fingerprint density at radius 2 is 1.64 bits per heavy atom. The Morgan fingerprint density at radius 3 is 2.24 bits per heavy atom. The molecule has 2 heterocycles. The van der Waals surface area contributed by atoms with Gasteiger partial charge in [0.25, 0.3) is 5.91 Å². The first-order chi connectivity index (χ1) is 15.7. The van der Waals surface area contributed by atoms with E-state index in [4.69, 9.17) is 4.74 Å². The average molecular weight is 472 g/mol. The molecule has 1 unspecified atom stereocenters. The molecule has 2 aromatic carbocycles. The molecule has 0 aliphatic carbocycles. The number of carbonyl (C=O) groups is 2. The van der Waals surface area contributed by atoms with E-state index in [9.17, 15) is 18.0 Å². The number of hydrogen-bond donors (Lipinski definition) is 0. The molecule has 2 aliphatic heterocycles. The lowest BCUT2D eigenvalue weighted by atomic mass is 10.1. The summed E-state index contributed by atoms with van der Waals surface area (Å²) in [5.74, 6) is -0.786. The lowest BCUT2D eigenvalue weighted by Crippen LogP contribution is -2.49. The standard InChI is InChI=1S/C24H29N3O5S/c1-17-4-9-21(18(2)16-17)25-11-13-26(14-12-25)23(28)19-5-7-20(8-6-19)27-22(24(29)32-3)10-15-33(27,30)31/h4-9,16,22H,10-15H2,1-3H3. The van der Waals surface area contributed by atoms with Crippen LogP contribution >= 0.6 is 0 Å². The number of anilines is 2. The molecule has 2 aliphatic rings. The highest BCUT2D eigenvalue weighted by Gasteiger charge is 2.42. The predicted molar refractivity (Wildman–Crippen MR) is 127 cm³/mol. The van der Waals surface area contributed by atoms with E-state index >= 15 is 0 Å². The third-order valence-electron chi connectivity index (χ3n) is 6.33. The third kappa shape index (κ3) is 4.55. The van der Waals surface area contributed by atoms with Crippen LogP contribution in [0.1, 0.15) is 27.9 Å². The van der Waals surface area contributed by atoms with Crippen LogP contribution in [0.15, 0.2) is 42.5 Å². The van der Waals surface area contributed by atoms with Gasteiger partial charge in [0.2, 0.25) is 10.0 Å². The first-order valence-corrected chi connectivity index (χ1v) is 12.6. The van der Waals surface area contributed by atoms with Gasteiger partial charge in [-0.3, -0.25) is 9.10 Å². The van der Waals surface area contributed by atoms with Crippen LogP contribution in [-0.2, 0) is 19.6 Å². The highest BCUT2D eigenvalue weighted by Crippen LogP contribution is 2.30. The summed E-state index contributed by atoms with van der Waals surface area (Å²) < 4.78 is 30.8. The Balaban J connectivity index is 1.44. The molecule has 9 heteroatoms. The van der Waals surface area contributed by atoms with Crippen LogP contribution in [0.25, 0.3) is 0 Å². The molecule has 4 rings (SSSR count). The number of nitrogens with zero attached hydrogens (tertiary/aromatic N) is 3. The zero-order chi connectivity index (χ0) is 23.8. The van der Waals surface area contributed by atoms with Gasteiger partial charge < -0.3 is 14.5 Å². The van der Waals surface area contributed by atoms with E-state index in [1.807, 2.05) is 4.90 Å². The van der Waals surface area contributed by atoms with Gasteiger partial charge in [0.05, 0.1) is 18.6 Å².